The number of hydrogen-bond donors (Lipinski definition) is 2. The second-order valence-electron chi connectivity index (χ2n) is 9.20. The van der Waals surface area contributed by atoms with Gasteiger partial charge in [-0.25, -0.2) is 22.5 Å². The molecule has 12 heteroatoms. The first-order valence-corrected chi connectivity index (χ1v) is 14.1. The second-order valence-corrected chi connectivity index (χ2v) is 10.9. The van der Waals surface area contributed by atoms with E-state index in [2.05, 4.69) is 10.3 Å². The maximum absolute atomic E-state index is 14.6. The summed E-state index contributed by atoms with van der Waals surface area (Å²) >= 11 is 0. The van der Waals surface area contributed by atoms with Crippen molar-refractivity contribution in [2.24, 2.45) is 0 Å². The van der Waals surface area contributed by atoms with Crippen LogP contribution in [0.3, 0.4) is 0 Å². The van der Waals surface area contributed by atoms with Crippen molar-refractivity contribution in [1.82, 2.24) is 9.71 Å². The fourth-order valence-corrected chi connectivity index (χ4v) is 5.33. The number of anilines is 1. The number of benzene rings is 3. The molecule has 3 aromatic carbocycles. The summed E-state index contributed by atoms with van der Waals surface area (Å²) in [7, 11) is -4.26. The van der Waals surface area contributed by atoms with Crippen molar-refractivity contribution in [2.45, 2.75) is 43.7 Å². The summed E-state index contributed by atoms with van der Waals surface area (Å²) in [5.41, 5.74) is -1.35. The van der Waals surface area contributed by atoms with E-state index >= 15 is 0 Å². The van der Waals surface area contributed by atoms with Gasteiger partial charge in [0.2, 0.25) is 5.91 Å². The minimum Gasteiger partial charge on any atom is -0.321 e. The number of unbranched alkanes of at least 4 members (excludes halogenated alkanes) is 2. The van der Waals surface area contributed by atoms with Crippen molar-refractivity contribution in [1.29, 1.82) is 0 Å². The number of amides is 2. The first-order chi connectivity index (χ1) is 19.4. The number of aromatic nitrogens is 1. The van der Waals surface area contributed by atoms with Crippen molar-refractivity contribution < 1.29 is 35.6 Å². The van der Waals surface area contributed by atoms with Crippen LogP contribution in [0.2, 0.25) is 0 Å². The predicted molar refractivity (Wildman–Crippen MR) is 146 cm³/mol. The van der Waals surface area contributed by atoms with Crippen LogP contribution >= 0.6 is 0 Å². The standard InChI is InChI=1S/C29H25F4N3O4S/c1-2-3-4-12-26(37)36-41(39,40)25-11-6-5-10-24(25)35-28(38)19-14-15-22-18(17-19)13-16-23(34-22)20-8-7-9-21(27(20)30)29(31,32)33/h5-11,13-17H,2-4,12H2,1H3,(H,35,38)(H,36,37). The number of halogens is 4. The van der Waals surface area contributed by atoms with Gasteiger partial charge in [-0.15, -0.1) is 0 Å². The van der Waals surface area contributed by atoms with Gasteiger partial charge in [0.1, 0.15) is 10.7 Å². The molecule has 4 aromatic rings. The number of sulfonamides is 1. The summed E-state index contributed by atoms with van der Waals surface area (Å²) < 4.78 is 81.7. The Kier molecular flexibility index (Phi) is 8.72. The SMILES string of the molecule is CCCCCC(=O)NS(=O)(=O)c1ccccc1NC(=O)c1ccc2nc(-c3cccc(C(F)(F)F)c3F)ccc2c1. The van der Waals surface area contributed by atoms with Crippen LogP contribution in [0, 0.1) is 5.82 Å². The number of nitrogens with one attached hydrogen (secondary N) is 2. The minimum absolute atomic E-state index is 0.0193. The number of alkyl halides is 3. The highest BCUT2D eigenvalue weighted by Gasteiger charge is 2.35. The van der Waals surface area contributed by atoms with Crippen LogP contribution in [0.4, 0.5) is 23.2 Å². The minimum atomic E-state index is -4.86. The molecular weight excluding hydrogens is 562 g/mol. The molecule has 0 aliphatic carbocycles. The van der Waals surface area contributed by atoms with E-state index in [4.69, 9.17) is 0 Å². The lowest BCUT2D eigenvalue weighted by Crippen LogP contribution is -2.31. The van der Waals surface area contributed by atoms with E-state index in [1.54, 1.807) is 0 Å². The number of para-hydroxylation sites is 1. The van der Waals surface area contributed by atoms with Crippen molar-refractivity contribution in [3.63, 3.8) is 0 Å². The monoisotopic (exact) mass is 587 g/mol. The third kappa shape index (κ3) is 6.88. The van der Waals surface area contributed by atoms with E-state index in [0.717, 1.165) is 18.9 Å². The molecule has 1 heterocycles. The molecule has 0 bridgehead atoms. The molecule has 0 aliphatic heterocycles. The smallest absolute Gasteiger partial charge is 0.321 e. The lowest BCUT2D eigenvalue weighted by molar-refractivity contribution is -0.139. The summed E-state index contributed by atoms with van der Waals surface area (Å²) in [6.45, 7) is 1.96. The lowest BCUT2D eigenvalue weighted by atomic mass is 10.0. The maximum atomic E-state index is 14.6. The first-order valence-electron chi connectivity index (χ1n) is 12.6. The molecule has 0 radical (unpaired) electrons. The fourth-order valence-electron chi connectivity index (χ4n) is 4.16. The van der Waals surface area contributed by atoms with Gasteiger partial charge in [0.05, 0.1) is 22.5 Å². The third-order valence-corrected chi connectivity index (χ3v) is 7.64. The Morgan fingerprint density at radius 2 is 1.68 bits per heavy atom. The molecule has 0 atom stereocenters. The van der Waals surface area contributed by atoms with E-state index in [0.29, 0.717) is 23.4 Å². The van der Waals surface area contributed by atoms with Crippen LogP contribution in [-0.2, 0) is 21.0 Å². The van der Waals surface area contributed by atoms with E-state index < -0.39 is 39.4 Å². The zero-order valence-corrected chi connectivity index (χ0v) is 22.6. The Labute approximate surface area is 233 Å². The Morgan fingerprint density at radius 1 is 0.927 bits per heavy atom. The number of rotatable bonds is 9. The summed E-state index contributed by atoms with van der Waals surface area (Å²) in [4.78, 5) is 29.1. The number of pyridine rings is 1. The molecule has 2 N–H and O–H groups in total. The van der Waals surface area contributed by atoms with Gasteiger partial charge >= 0.3 is 6.18 Å². The van der Waals surface area contributed by atoms with Gasteiger partial charge in [0.15, 0.2) is 0 Å². The summed E-state index contributed by atoms with van der Waals surface area (Å²) in [5.74, 6) is -2.74. The number of carbonyl (C=O) groups is 2. The van der Waals surface area contributed by atoms with Crippen LogP contribution in [0.5, 0.6) is 0 Å². The zero-order chi connectivity index (χ0) is 29.8. The molecular formula is C29H25F4N3O4S. The van der Waals surface area contributed by atoms with Gasteiger partial charge in [-0.1, -0.05) is 44.0 Å². The molecule has 41 heavy (non-hydrogen) atoms. The van der Waals surface area contributed by atoms with Crippen molar-refractivity contribution in [3.8, 4) is 11.3 Å². The molecule has 7 nitrogen and oxygen atoms in total. The van der Waals surface area contributed by atoms with Crippen LogP contribution in [-0.4, -0.2) is 25.2 Å². The number of nitrogens with zero attached hydrogens (tertiary/aromatic N) is 1. The number of fused-ring (bicyclic) bond motifs is 1. The average Bonchev–Trinajstić information content (AvgIpc) is 2.92. The quantitative estimate of drug-likeness (QED) is 0.168. The Morgan fingerprint density at radius 3 is 2.41 bits per heavy atom. The second kappa shape index (κ2) is 12.0. The topological polar surface area (TPSA) is 105 Å². The van der Waals surface area contributed by atoms with Gasteiger partial charge < -0.3 is 5.32 Å². The Hall–Kier alpha value is -4.32. The highest BCUT2D eigenvalue weighted by molar-refractivity contribution is 7.90. The van der Waals surface area contributed by atoms with Gasteiger partial charge in [-0.2, -0.15) is 13.2 Å². The number of carbonyl (C=O) groups excluding carboxylic acids is 2. The molecule has 0 saturated carbocycles. The fraction of sp³-hybridized carbons (Fsp3) is 0.207. The summed E-state index contributed by atoms with van der Waals surface area (Å²) in [6.07, 6.45) is -2.62. The van der Waals surface area contributed by atoms with Crippen LogP contribution in [0.1, 0.15) is 48.5 Å². The highest BCUT2D eigenvalue weighted by Crippen LogP contribution is 2.35. The van der Waals surface area contributed by atoms with E-state index in [9.17, 15) is 35.6 Å². The van der Waals surface area contributed by atoms with Gasteiger partial charge in [-0.3, -0.25) is 9.59 Å². The molecule has 0 fully saturated rings. The normalized spacial score (nSPS) is 11.8. The highest BCUT2D eigenvalue weighted by atomic mass is 32.2. The molecule has 2 amide bonds. The molecule has 0 spiro atoms. The predicted octanol–water partition coefficient (Wildman–Crippen LogP) is 6.70. The molecule has 0 saturated heterocycles. The Balaban J connectivity index is 1.57. The van der Waals surface area contributed by atoms with Gasteiger partial charge in [0.25, 0.3) is 15.9 Å². The molecule has 0 aliphatic rings. The Bertz CT molecular complexity index is 1720. The molecule has 214 valence electrons. The largest absolute Gasteiger partial charge is 0.419 e. The van der Waals surface area contributed by atoms with E-state index in [1.165, 1.54) is 60.7 Å². The number of hydrogen-bond acceptors (Lipinski definition) is 5. The van der Waals surface area contributed by atoms with Gasteiger partial charge in [0, 0.05) is 22.9 Å². The van der Waals surface area contributed by atoms with Crippen molar-refractivity contribution in [2.75, 3.05) is 5.32 Å². The van der Waals surface area contributed by atoms with E-state index in [1.807, 2.05) is 11.6 Å². The molecule has 1 aromatic heterocycles. The van der Waals surface area contributed by atoms with E-state index in [-0.39, 0.29) is 33.8 Å². The summed E-state index contributed by atoms with van der Waals surface area (Å²) in [5, 5.41) is 2.98. The molecule has 0 unspecified atom stereocenters. The van der Waals surface area contributed by atoms with Crippen LogP contribution in [0.25, 0.3) is 22.2 Å². The van der Waals surface area contributed by atoms with Crippen LogP contribution < -0.4 is 10.0 Å². The van der Waals surface area contributed by atoms with Crippen molar-refractivity contribution >= 4 is 38.4 Å². The van der Waals surface area contributed by atoms with Crippen LogP contribution in [0.15, 0.2) is 77.7 Å². The average molecular weight is 588 g/mol. The third-order valence-electron chi connectivity index (χ3n) is 6.21. The summed E-state index contributed by atoms with van der Waals surface area (Å²) in [6, 6.07) is 15.7. The molecule has 4 rings (SSSR count). The first kappa shape index (κ1) is 29.7. The maximum Gasteiger partial charge on any atom is 0.419 e. The lowest BCUT2D eigenvalue weighted by Gasteiger charge is -2.13. The van der Waals surface area contributed by atoms with Crippen molar-refractivity contribution in [3.05, 3.63) is 89.7 Å². The van der Waals surface area contributed by atoms with Gasteiger partial charge in [-0.05, 0) is 55.0 Å². The zero-order valence-electron chi connectivity index (χ0n) is 21.8.